The number of benzene rings is 2. The lowest BCUT2D eigenvalue weighted by atomic mass is 9.94. The van der Waals surface area contributed by atoms with Gasteiger partial charge >= 0.3 is 14.0 Å². The normalized spacial score (nSPS) is 12.0. The monoisotopic (exact) mass is 548 g/mol. The molecule has 3 rings (SSSR count). The SMILES string of the molecule is Cc1cc(F)ccc1Cc1cc(C(F)(F)F)c(Cl)cc1C(=O)Nc1ccn(COP(=O)(O)O)c(=O)c1. The second-order valence-corrected chi connectivity index (χ2v) is 9.31. The number of halogens is 5. The number of nitrogens with one attached hydrogen (secondary N) is 1. The van der Waals surface area contributed by atoms with E-state index in [1.807, 2.05) is 0 Å². The van der Waals surface area contributed by atoms with E-state index < -0.39 is 48.6 Å². The van der Waals surface area contributed by atoms with Gasteiger partial charge in [0.15, 0.2) is 0 Å². The Hall–Kier alpha value is -3.02. The molecule has 0 aliphatic carbocycles. The van der Waals surface area contributed by atoms with Crippen molar-refractivity contribution >= 4 is 31.0 Å². The number of amides is 1. The summed E-state index contributed by atoms with van der Waals surface area (Å²) in [7, 11) is -4.83. The fraction of sp³-hybridized carbons (Fsp3) is 0.182. The van der Waals surface area contributed by atoms with Crippen molar-refractivity contribution in [2.45, 2.75) is 26.3 Å². The average Bonchev–Trinajstić information content (AvgIpc) is 2.74. The molecule has 8 nitrogen and oxygen atoms in total. The number of hydrogen-bond acceptors (Lipinski definition) is 4. The number of pyridine rings is 1. The quantitative estimate of drug-likeness (QED) is 0.286. The molecule has 0 saturated carbocycles. The van der Waals surface area contributed by atoms with Gasteiger partial charge in [-0.1, -0.05) is 17.7 Å². The zero-order valence-electron chi connectivity index (χ0n) is 18.3. The predicted molar refractivity (Wildman–Crippen MR) is 122 cm³/mol. The number of phosphoric ester groups is 1. The van der Waals surface area contributed by atoms with Crippen LogP contribution >= 0.6 is 19.4 Å². The number of aromatic nitrogens is 1. The summed E-state index contributed by atoms with van der Waals surface area (Å²) < 4.78 is 69.7. The molecule has 0 atom stereocenters. The van der Waals surface area contributed by atoms with Crippen LogP contribution < -0.4 is 10.9 Å². The summed E-state index contributed by atoms with van der Waals surface area (Å²) >= 11 is 5.83. The van der Waals surface area contributed by atoms with Crippen LogP contribution in [0, 0.1) is 12.7 Å². The van der Waals surface area contributed by atoms with Crippen LogP contribution in [0.1, 0.15) is 32.6 Å². The fourth-order valence-corrected chi connectivity index (χ4v) is 3.83. The minimum Gasteiger partial charge on any atom is -0.322 e. The Morgan fingerprint density at radius 3 is 2.42 bits per heavy atom. The Kier molecular flexibility index (Phi) is 8.07. The Morgan fingerprint density at radius 2 is 1.83 bits per heavy atom. The number of anilines is 1. The van der Waals surface area contributed by atoms with Crippen molar-refractivity contribution in [1.29, 1.82) is 0 Å². The van der Waals surface area contributed by atoms with Crippen LogP contribution in [-0.2, 0) is 28.4 Å². The lowest BCUT2D eigenvalue weighted by molar-refractivity contribution is -0.137. The molecular weight excluding hydrogens is 531 g/mol. The molecule has 1 aromatic heterocycles. The average molecular weight is 549 g/mol. The third-order valence-electron chi connectivity index (χ3n) is 5.05. The highest BCUT2D eigenvalue weighted by molar-refractivity contribution is 7.46. The smallest absolute Gasteiger partial charge is 0.322 e. The topological polar surface area (TPSA) is 118 Å². The van der Waals surface area contributed by atoms with Crippen LogP contribution in [0.4, 0.5) is 23.2 Å². The van der Waals surface area contributed by atoms with E-state index in [4.69, 9.17) is 21.4 Å². The zero-order valence-corrected chi connectivity index (χ0v) is 20.0. The molecular formula is C22H18ClF4N2O6P. The van der Waals surface area contributed by atoms with Gasteiger partial charge in [0, 0.05) is 23.5 Å². The van der Waals surface area contributed by atoms with Crippen molar-refractivity contribution in [3.63, 3.8) is 0 Å². The molecule has 0 saturated heterocycles. The first-order valence-corrected chi connectivity index (χ1v) is 11.9. The van der Waals surface area contributed by atoms with Crippen molar-refractivity contribution in [3.05, 3.63) is 97.7 Å². The summed E-state index contributed by atoms with van der Waals surface area (Å²) in [6.07, 6.45) is -3.84. The molecule has 0 aliphatic heterocycles. The maximum absolute atomic E-state index is 13.5. The number of aryl methyl sites for hydroxylation is 1. The predicted octanol–water partition coefficient (Wildman–Crippen LogP) is 4.88. The van der Waals surface area contributed by atoms with Gasteiger partial charge in [0.05, 0.1) is 10.6 Å². The highest BCUT2D eigenvalue weighted by Gasteiger charge is 2.34. The highest BCUT2D eigenvalue weighted by Crippen LogP contribution is 2.37. The molecule has 1 heterocycles. The van der Waals surface area contributed by atoms with Crippen molar-refractivity contribution < 1.29 is 41.2 Å². The second kappa shape index (κ2) is 10.5. The first kappa shape index (κ1) is 27.6. The summed E-state index contributed by atoms with van der Waals surface area (Å²) in [5.41, 5.74) is -1.28. The van der Waals surface area contributed by atoms with Gasteiger partial charge in [-0.3, -0.25) is 18.7 Å². The standard InChI is InChI=1S/C22H18ClF4N2O6P/c1-12-6-15(24)3-2-13(12)7-14-8-18(22(25,26)27)19(23)10-17(14)21(31)28-16-4-5-29(20(30)9-16)11-35-36(32,33)34/h2-6,8-10H,7,11H2,1H3,(H,28,31)(H2,32,33,34). The Bertz CT molecular complexity index is 1420. The van der Waals surface area contributed by atoms with Gasteiger partial charge in [0.1, 0.15) is 12.5 Å². The molecule has 2 aromatic carbocycles. The van der Waals surface area contributed by atoms with E-state index in [0.717, 1.165) is 35.0 Å². The van der Waals surface area contributed by atoms with Crippen LogP contribution in [0.5, 0.6) is 0 Å². The molecule has 3 aromatic rings. The largest absolute Gasteiger partial charge is 0.471 e. The summed E-state index contributed by atoms with van der Waals surface area (Å²) in [5.74, 6) is -1.40. The first-order valence-electron chi connectivity index (χ1n) is 10.0. The van der Waals surface area contributed by atoms with E-state index in [0.29, 0.717) is 11.1 Å². The minimum absolute atomic E-state index is 0.0395. The molecule has 192 valence electrons. The summed E-state index contributed by atoms with van der Waals surface area (Å²) in [4.78, 5) is 42.6. The third-order valence-corrected chi connectivity index (χ3v) is 5.81. The summed E-state index contributed by atoms with van der Waals surface area (Å²) in [6, 6.07) is 7.51. The fourth-order valence-electron chi connectivity index (χ4n) is 3.28. The van der Waals surface area contributed by atoms with E-state index in [9.17, 15) is 31.7 Å². The molecule has 0 spiro atoms. The number of hydrogen-bond donors (Lipinski definition) is 3. The van der Waals surface area contributed by atoms with Crippen molar-refractivity contribution in [2.24, 2.45) is 0 Å². The van der Waals surface area contributed by atoms with Gasteiger partial charge in [0.25, 0.3) is 11.5 Å². The van der Waals surface area contributed by atoms with Gasteiger partial charge in [-0.05, 0) is 60.4 Å². The molecule has 36 heavy (non-hydrogen) atoms. The number of carbonyl (C=O) groups excluding carboxylic acids is 1. The summed E-state index contributed by atoms with van der Waals surface area (Å²) in [6.45, 7) is 0.816. The number of alkyl halides is 3. The van der Waals surface area contributed by atoms with Crippen molar-refractivity contribution in [1.82, 2.24) is 4.57 Å². The van der Waals surface area contributed by atoms with Crippen LogP contribution in [-0.4, -0.2) is 20.3 Å². The van der Waals surface area contributed by atoms with E-state index in [-0.39, 0.29) is 23.2 Å². The maximum atomic E-state index is 13.5. The van der Waals surface area contributed by atoms with Crippen LogP contribution in [0.15, 0.2) is 53.5 Å². The third kappa shape index (κ3) is 7.02. The maximum Gasteiger partial charge on any atom is 0.471 e. The molecule has 1 amide bonds. The summed E-state index contributed by atoms with van der Waals surface area (Å²) in [5, 5.41) is 1.68. The molecule has 3 N–H and O–H groups in total. The Labute approximate surface area is 206 Å². The van der Waals surface area contributed by atoms with Crippen LogP contribution in [0.2, 0.25) is 5.02 Å². The zero-order chi connectivity index (χ0) is 26.8. The number of rotatable bonds is 7. The number of nitrogens with zero attached hydrogens (tertiary/aromatic N) is 1. The Balaban J connectivity index is 1.95. The molecule has 0 unspecified atom stereocenters. The van der Waals surface area contributed by atoms with Gasteiger partial charge in [0.2, 0.25) is 0 Å². The van der Waals surface area contributed by atoms with Gasteiger partial charge in [-0.2, -0.15) is 13.2 Å². The van der Waals surface area contributed by atoms with Crippen molar-refractivity contribution in [2.75, 3.05) is 5.32 Å². The second-order valence-electron chi connectivity index (χ2n) is 7.66. The van der Waals surface area contributed by atoms with Gasteiger partial charge in [-0.15, -0.1) is 0 Å². The van der Waals surface area contributed by atoms with Gasteiger partial charge < -0.3 is 15.1 Å². The molecule has 14 heteroatoms. The lowest BCUT2D eigenvalue weighted by Crippen LogP contribution is -2.22. The van der Waals surface area contributed by atoms with Gasteiger partial charge in [-0.25, -0.2) is 8.96 Å². The van der Waals surface area contributed by atoms with Crippen LogP contribution in [0.3, 0.4) is 0 Å². The molecule has 0 fully saturated rings. The lowest BCUT2D eigenvalue weighted by Gasteiger charge is -2.17. The molecule has 0 radical (unpaired) electrons. The number of phosphoric acid groups is 1. The Morgan fingerprint density at radius 1 is 1.14 bits per heavy atom. The van der Waals surface area contributed by atoms with E-state index in [2.05, 4.69) is 9.84 Å². The highest BCUT2D eigenvalue weighted by atomic mass is 35.5. The molecule has 0 bridgehead atoms. The molecule has 0 aliphatic rings. The first-order chi connectivity index (χ1) is 16.6. The van der Waals surface area contributed by atoms with Crippen LogP contribution in [0.25, 0.3) is 0 Å². The number of carbonyl (C=O) groups is 1. The van der Waals surface area contributed by atoms with E-state index in [1.54, 1.807) is 6.92 Å². The van der Waals surface area contributed by atoms with E-state index in [1.165, 1.54) is 18.2 Å². The van der Waals surface area contributed by atoms with Crippen molar-refractivity contribution in [3.8, 4) is 0 Å². The van der Waals surface area contributed by atoms with E-state index >= 15 is 0 Å². The minimum atomic E-state index is -4.83.